The van der Waals surface area contributed by atoms with E-state index in [1.165, 1.54) is 11.1 Å². The van der Waals surface area contributed by atoms with Gasteiger partial charge in [0.1, 0.15) is 0 Å². The molecule has 1 heterocycles. The van der Waals surface area contributed by atoms with E-state index in [9.17, 15) is 0 Å². The highest BCUT2D eigenvalue weighted by Gasteiger charge is 2.03. The standard InChI is InChI=1S/C14H15ClN2/c1-11(13-6-8-16-9-7-13)17-10-12-2-4-14(15)5-3-12/h2-9,11,17H,10H2,1H3/t11-/m0/s1. The number of halogens is 1. The number of hydrogen-bond acceptors (Lipinski definition) is 2. The lowest BCUT2D eigenvalue weighted by molar-refractivity contribution is 0.574. The van der Waals surface area contributed by atoms with Crippen molar-refractivity contribution in [1.82, 2.24) is 10.3 Å². The molecule has 1 aromatic heterocycles. The summed E-state index contributed by atoms with van der Waals surface area (Å²) in [6.07, 6.45) is 3.63. The van der Waals surface area contributed by atoms with Crippen LogP contribution in [0.25, 0.3) is 0 Å². The van der Waals surface area contributed by atoms with E-state index in [0.717, 1.165) is 11.6 Å². The molecule has 17 heavy (non-hydrogen) atoms. The molecule has 0 fully saturated rings. The summed E-state index contributed by atoms with van der Waals surface area (Å²) in [5.41, 5.74) is 2.48. The third kappa shape index (κ3) is 3.55. The minimum atomic E-state index is 0.314. The molecule has 1 N–H and O–H groups in total. The summed E-state index contributed by atoms with van der Waals surface area (Å²) < 4.78 is 0. The van der Waals surface area contributed by atoms with Crippen LogP contribution in [0.2, 0.25) is 5.02 Å². The SMILES string of the molecule is C[C@H](NCc1ccc(Cl)cc1)c1ccncc1. The molecule has 0 unspecified atom stereocenters. The highest BCUT2D eigenvalue weighted by atomic mass is 35.5. The first kappa shape index (κ1) is 12.1. The van der Waals surface area contributed by atoms with Gasteiger partial charge in [-0.15, -0.1) is 0 Å². The molecular weight excluding hydrogens is 232 g/mol. The molecule has 2 aromatic rings. The number of aromatic nitrogens is 1. The van der Waals surface area contributed by atoms with Gasteiger partial charge in [0.25, 0.3) is 0 Å². The largest absolute Gasteiger partial charge is 0.306 e. The van der Waals surface area contributed by atoms with E-state index < -0.39 is 0 Å². The monoisotopic (exact) mass is 246 g/mol. The van der Waals surface area contributed by atoms with E-state index in [1.807, 2.05) is 48.8 Å². The van der Waals surface area contributed by atoms with Crippen LogP contribution in [0.3, 0.4) is 0 Å². The second kappa shape index (κ2) is 5.80. The van der Waals surface area contributed by atoms with Crippen molar-refractivity contribution in [2.75, 3.05) is 0 Å². The van der Waals surface area contributed by atoms with Gasteiger partial charge in [-0.2, -0.15) is 0 Å². The van der Waals surface area contributed by atoms with Crippen LogP contribution < -0.4 is 5.32 Å². The fourth-order valence-electron chi connectivity index (χ4n) is 1.64. The van der Waals surface area contributed by atoms with E-state index in [1.54, 1.807) is 0 Å². The van der Waals surface area contributed by atoms with E-state index in [0.29, 0.717) is 6.04 Å². The zero-order valence-electron chi connectivity index (χ0n) is 9.73. The summed E-state index contributed by atoms with van der Waals surface area (Å²) in [7, 11) is 0. The molecule has 0 saturated heterocycles. The van der Waals surface area contributed by atoms with E-state index in [2.05, 4.69) is 17.2 Å². The third-order valence-electron chi connectivity index (χ3n) is 2.73. The van der Waals surface area contributed by atoms with Gasteiger partial charge in [0.15, 0.2) is 0 Å². The molecule has 0 bridgehead atoms. The highest BCUT2D eigenvalue weighted by molar-refractivity contribution is 6.30. The second-order valence-corrected chi connectivity index (χ2v) is 4.45. The lowest BCUT2D eigenvalue weighted by Gasteiger charge is -2.13. The van der Waals surface area contributed by atoms with Gasteiger partial charge in [0, 0.05) is 30.0 Å². The maximum absolute atomic E-state index is 5.84. The smallest absolute Gasteiger partial charge is 0.0406 e. The van der Waals surface area contributed by atoms with Gasteiger partial charge < -0.3 is 5.32 Å². The molecule has 1 atom stereocenters. The highest BCUT2D eigenvalue weighted by Crippen LogP contribution is 2.13. The fraction of sp³-hybridized carbons (Fsp3) is 0.214. The minimum Gasteiger partial charge on any atom is -0.306 e. The molecule has 2 nitrogen and oxygen atoms in total. The Labute approximate surface area is 107 Å². The van der Waals surface area contributed by atoms with Crippen LogP contribution in [0.1, 0.15) is 24.1 Å². The Kier molecular flexibility index (Phi) is 4.13. The van der Waals surface area contributed by atoms with Crippen molar-refractivity contribution in [3.63, 3.8) is 0 Å². The Morgan fingerprint density at radius 2 is 1.76 bits per heavy atom. The average Bonchev–Trinajstić information content (AvgIpc) is 2.39. The molecule has 0 amide bonds. The average molecular weight is 247 g/mol. The normalized spacial score (nSPS) is 12.4. The number of pyridine rings is 1. The predicted molar refractivity (Wildman–Crippen MR) is 70.9 cm³/mol. The van der Waals surface area contributed by atoms with Crippen LogP contribution >= 0.6 is 11.6 Å². The van der Waals surface area contributed by atoms with Crippen LogP contribution in [-0.2, 0) is 6.54 Å². The van der Waals surface area contributed by atoms with Crippen molar-refractivity contribution in [1.29, 1.82) is 0 Å². The van der Waals surface area contributed by atoms with Crippen LogP contribution in [0.4, 0.5) is 0 Å². The fourth-order valence-corrected chi connectivity index (χ4v) is 1.77. The zero-order valence-corrected chi connectivity index (χ0v) is 10.5. The van der Waals surface area contributed by atoms with E-state index in [4.69, 9.17) is 11.6 Å². The lowest BCUT2D eigenvalue weighted by atomic mass is 10.1. The van der Waals surface area contributed by atoms with Gasteiger partial charge in [0.05, 0.1) is 0 Å². The molecule has 1 aromatic carbocycles. The second-order valence-electron chi connectivity index (χ2n) is 4.01. The molecule has 2 rings (SSSR count). The summed E-state index contributed by atoms with van der Waals surface area (Å²) in [4.78, 5) is 4.01. The quantitative estimate of drug-likeness (QED) is 0.892. The van der Waals surface area contributed by atoms with Gasteiger partial charge in [-0.05, 0) is 42.3 Å². The molecule has 0 aliphatic heterocycles. The van der Waals surface area contributed by atoms with Gasteiger partial charge >= 0.3 is 0 Å². The number of hydrogen-bond donors (Lipinski definition) is 1. The Balaban J connectivity index is 1.92. The first-order valence-corrected chi connectivity index (χ1v) is 6.01. The molecule has 3 heteroatoms. The number of nitrogens with zero attached hydrogens (tertiary/aromatic N) is 1. The van der Waals surface area contributed by atoms with Gasteiger partial charge in [-0.3, -0.25) is 4.98 Å². The molecule has 0 aliphatic carbocycles. The maximum Gasteiger partial charge on any atom is 0.0406 e. The summed E-state index contributed by atoms with van der Waals surface area (Å²) in [5.74, 6) is 0. The molecule has 0 radical (unpaired) electrons. The Bertz CT molecular complexity index is 453. The topological polar surface area (TPSA) is 24.9 Å². The minimum absolute atomic E-state index is 0.314. The molecule has 88 valence electrons. The Hall–Kier alpha value is -1.38. The number of nitrogens with one attached hydrogen (secondary N) is 1. The first-order valence-electron chi connectivity index (χ1n) is 5.63. The first-order chi connectivity index (χ1) is 8.25. The summed E-state index contributed by atoms with van der Waals surface area (Å²) >= 11 is 5.84. The lowest BCUT2D eigenvalue weighted by Crippen LogP contribution is -2.17. The van der Waals surface area contributed by atoms with Crippen molar-refractivity contribution in [3.8, 4) is 0 Å². The predicted octanol–water partition coefficient (Wildman–Crippen LogP) is 3.59. The van der Waals surface area contributed by atoms with E-state index in [-0.39, 0.29) is 0 Å². The summed E-state index contributed by atoms with van der Waals surface area (Å²) in [5, 5.41) is 4.24. The van der Waals surface area contributed by atoms with Crippen molar-refractivity contribution >= 4 is 11.6 Å². The van der Waals surface area contributed by atoms with Gasteiger partial charge in [-0.1, -0.05) is 23.7 Å². The van der Waals surface area contributed by atoms with Crippen molar-refractivity contribution in [3.05, 3.63) is 64.9 Å². The van der Waals surface area contributed by atoms with E-state index >= 15 is 0 Å². The number of rotatable bonds is 4. The summed E-state index contributed by atoms with van der Waals surface area (Å²) in [6, 6.07) is 12.3. The van der Waals surface area contributed by atoms with Crippen molar-refractivity contribution in [2.45, 2.75) is 19.5 Å². The van der Waals surface area contributed by atoms with Gasteiger partial charge in [-0.25, -0.2) is 0 Å². The number of benzene rings is 1. The van der Waals surface area contributed by atoms with Crippen molar-refractivity contribution in [2.24, 2.45) is 0 Å². The molecule has 0 saturated carbocycles. The Morgan fingerprint density at radius 3 is 2.41 bits per heavy atom. The molecule has 0 aliphatic rings. The van der Waals surface area contributed by atoms with Crippen LogP contribution in [0.15, 0.2) is 48.8 Å². The zero-order chi connectivity index (χ0) is 12.1. The maximum atomic E-state index is 5.84. The molecular formula is C14H15ClN2. The van der Waals surface area contributed by atoms with Crippen LogP contribution in [-0.4, -0.2) is 4.98 Å². The molecule has 0 spiro atoms. The van der Waals surface area contributed by atoms with Crippen molar-refractivity contribution < 1.29 is 0 Å². The summed E-state index contributed by atoms with van der Waals surface area (Å²) in [6.45, 7) is 2.98. The third-order valence-corrected chi connectivity index (χ3v) is 2.98. The van der Waals surface area contributed by atoms with Crippen LogP contribution in [0.5, 0.6) is 0 Å². The van der Waals surface area contributed by atoms with Crippen LogP contribution in [0, 0.1) is 0 Å². The van der Waals surface area contributed by atoms with Gasteiger partial charge in [0.2, 0.25) is 0 Å². The Morgan fingerprint density at radius 1 is 1.12 bits per heavy atom.